The molecule has 0 aliphatic carbocycles. The predicted octanol–water partition coefficient (Wildman–Crippen LogP) is 2.75. The summed E-state index contributed by atoms with van der Waals surface area (Å²) < 4.78 is 0. The number of nitrogens with one attached hydrogen (secondary N) is 1. The first-order valence-electron chi connectivity index (χ1n) is 9.02. The Bertz CT molecular complexity index is 1590. The van der Waals surface area contributed by atoms with E-state index in [2.05, 4.69) is 17.5 Å². The highest BCUT2D eigenvalue weighted by Crippen LogP contribution is 2.43. The third kappa shape index (κ3) is 1.61. The lowest BCUT2D eigenvalue weighted by atomic mass is 9.78. The van der Waals surface area contributed by atoms with Crippen molar-refractivity contribution >= 4 is 68.2 Å². The summed E-state index contributed by atoms with van der Waals surface area (Å²) in [5.41, 5.74) is 2.58. The van der Waals surface area contributed by atoms with Crippen LogP contribution in [0.4, 0.5) is 0 Å². The number of hydrogen-bond donors (Lipinski definition) is 1. The SMILES string of the molecule is Bc1cc2c3c(ccc4c5c(C#N)ccc6cccc(c1c34)c65)C(=O)NC2=O. The van der Waals surface area contributed by atoms with E-state index in [9.17, 15) is 14.9 Å². The van der Waals surface area contributed by atoms with Crippen LogP contribution in [0.2, 0.25) is 0 Å². The molecule has 2 amide bonds. The van der Waals surface area contributed by atoms with Crippen LogP contribution in [0.5, 0.6) is 0 Å². The fourth-order valence-corrected chi connectivity index (χ4v) is 4.82. The average molecular weight is 358 g/mol. The number of imide groups is 1. The fraction of sp³-hybridized carbons (Fsp3) is 0. The third-order valence-electron chi connectivity index (χ3n) is 5.90. The highest BCUT2D eigenvalue weighted by atomic mass is 16.2. The maximum absolute atomic E-state index is 12.5. The first kappa shape index (κ1) is 15.2. The highest BCUT2D eigenvalue weighted by Gasteiger charge is 2.28. The lowest BCUT2D eigenvalue weighted by molar-refractivity contribution is 0.0845. The van der Waals surface area contributed by atoms with E-state index < -0.39 is 0 Å². The van der Waals surface area contributed by atoms with Crippen molar-refractivity contribution in [2.75, 3.05) is 0 Å². The Morgan fingerprint density at radius 2 is 1.57 bits per heavy atom. The molecule has 5 aromatic rings. The van der Waals surface area contributed by atoms with Crippen molar-refractivity contribution in [3.8, 4) is 6.07 Å². The van der Waals surface area contributed by atoms with Gasteiger partial charge in [-0.3, -0.25) is 14.9 Å². The highest BCUT2D eigenvalue weighted by molar-refractivity contribution is 6.49. The standard InChI is InChI=1S/C23H11BN2O2/c24-16-8-15-19-14(22(27)26-23(15)28)7-6-13-18-11(9-25)5-4-10-2-1-3-12(17(10)18)20(16)21(13)19/h1-8H,24H2,(H,26,27,28). The molecule has 5 heteroatoms. The number of nitrogens with zero attached hydrogens (tertiary/aromatic N) is 1. The summed E-state index contributed by atoms with van der Waals surface area (Å²) in [5, 5.41) is 19.7. The van der Waals surface area contributed by atoms with Crippen LogP contribution in [-0.2, 0) is 0 Å². The first-order valence-corrected chi connectivity index (χ1v) is 9.02. The molecule has 1 heterocycles. The zero-order valence-corrected chi connectivity index (χ0v) is 14.9. The fourth-order valence-electron chi connectivity index (χ4n) is 4.82. The van der Waals surface area contributed by atoms with Crippen molar-refractivity contribution in [1.82, 2.24) is 5.32 Å². The molecular formula is C23H11BN2O2. The molecule has 4 nitrogen and oxygen atoms in total. The van der Waals surface area contributed by atoms with Gasteiger partial charge in [0.15, 0.2) is 0 Å². The molecule has 0 fully saturated rings. The van der Waals surface area contributed by atoms with Crippen LogP contribution in [0.3, 0.4) is 0 Å². The van der Waals surface area contributed by atoms with E-state index in [0.717, 1.165) is 43.2 Å². The molecule has 0 bridgehead atoms. The van der Waals surface area contributed by atoms with Crippen molar-refractivity contribution in [2.45, 2.75) is 0 Å². The molecular weight excluding hydrogens is 347 g/mol. The van der Waals surface area contributed by atoms with Gasteiger partial charge in [0, 0.05) is 21.9 Å². The zero-order chi connectivity index (χ0) is 19.2. The lowest BCUT2D eigenvalue weighted by Gasteiger charge is -2.23. The van der Waals surface area contributed by atoms with Gasteiger partial charge in [0.05, 0.1) is 11.6 Å². The van der Waals surface area contributed by atoms with Gasteiger partial charge in [-0.15, -0.1) is 0 Å². The number of benzene rings is 5. The molecule has 6 rings (SSSR count). The minimum Gasteiger partial charge on any atom is -0.288 e. The largest absolute Gasteiger partial charge is 0.288 e. The second-order valence-corrected chi connectivity index (χ2v) is 7.31. The van der Waals surface area contributed by atoms with Gasteiger partial charge in [-0.1, -0.05) is 41.9 Å². The van der Waals surface area contributed by atoms with Crippen LogP contribution >= 0.6 is 0 Å². The van der Waals surface area contributed by atoms with Crippen LogP contribution in [0.25, 0.3) is 43.1 Å². The van der Waals surface area contributed by atoms with Gasteiger partial charge in [0.2, 0.25) is 0 Å². The van der Waals surface area contributed by atoms with Gasteiger partial charge in [0.25, 0.3) is 11.8 Å². The Balaban J connectivity index is 2.08. The lowest BCUT2D eigenvalue weighted by Crippen LogP contribution is -2.35. The zero-order valence-electron chi connectivity index (χ0n) is 14.9. The second-order valence-electron chi connectivity index (χ2n) is 7.31. The first-order chi connectivity index (χ1) is 13.6. The molecule has 0 saturated carbocycles. The monoisotopic (exact) mass is 358 g/mol. The van der Waals surface area contributed by atoms with Crippen molar-refractivity contribution in [3.63, 3.8) is 0 Å². The number of nitriles is 1. The van der Waals surface area contributed by atoms with E-state index in [0.29, 0.717) is 22.1 Å². The number of carbonyl (C=O) groups excluding carboxylic acids is 2. The number of carbonyl (C=O) groups is 2. The van der Waals surface area contributed by atoms with Crippen LogP contribution in [0, 0.1) is 11.3 Å². The van der Waals surface area contributed by atoms with E-state index >= 15 is 0 Å². The predicted molar refractivity (Wildman–Crippen MR) is 112 cm³/mol. The van der Waals surface area contributed by atoms with Crippen LogP contribution < -0.4 is 10.8 Å². The number of rotatable bonds is 0. The molecule has 1 N–H and O–H groups in total. The minimum atomic E-state index is -0.378. The Labute approximate surface area is 160 Å². The van der Waals surface area contributed by atoms with E-state index in [-0.39, 0.29) is 11.8 Å². The Kier molecular flexibility index (Phi) is 2.64. The summed E-state index contributed by atoms with van der Waals surface area (Å²) in [7, 11) is 1.99. The summed E-state index contributed by atoms with van der Waals surface area (Å²) in [4.78, 5) is 25.0. The van der Waals surface area contributed by atoms with Gasteiger partial charge in [0.1, 0.15) is 7.85 Å². The summed E-state index contributed by atoms with van der Waals surface area (Å²) in [6.45, 7) is 0. The number of amides is 2. The van der Waals surface area contributed by atoms with Gasteiger partial charge < -0.3 is 0 Å². The van der Waals surface area contributed by atoms with Crippen molar-refractivity contribution in [2.24, 2.45) is 0 Å². The van der Waals surface area contributed by atoms with Gasteiger partial charge in [-0.2, -0.15) is 5.26 Å². The van der Waals surface area contributed by atoms with E-state index in [1.165, 1.54) is 0 Å². The summed E-state index contributed by atoms with van der Waals surface area (Å²) in [6.07, 6.45) is 0. The van der Waals surface area contributed by atoms with E-state index in [4.69, 9.17) is 0 Å². The smallest absolute Gasteiger partial charge is 0.258 e. The Hall–Kier alpha value is -3.91. The summed E-state index contributed by atoms with van der Waals surface area (Å²) in [5.74, 6) is -0.752. The molecule has 0 radical (unpaired) electrons. The normalized spacial score (nSPS) is 13.5. The van der Waals surface area contributed by atoms with Gasteiger partial charge in [-0.05, 0) is 44.5 Å². The Morgan fingerprint density at radius 1 is 0.786 bits per heavy atom. The second kappa shape index (κ2) is 4.87. The molecule has 5 aromatic carbocycles. The van der Waals surface area contributed by atoms with E-state index in [1.54, 1.807) is 6.07 Å². The molecule has 0 atom stereocenters. The molecule has 0 aromatic heterocycles. The molecule has 1 aliphatic heterocycles. The topological polar surface area (TPSA) is 70.0 Å². The third-order valence-corrected chi connectivity index (χ3v) is 5.90. The van der Waals surface area contributed by atoms with Crippen molar-refractivity contribution < 1.29 is 9.59 Å². The summed E-state index contributed by atoms with van der Waals surface area (Å²) >= 11 is 0. The quantitative estimate of drug-likeness (QED) is 0.200. The molecule has 0 saturated heterocycles. The Morgan fingerprint density at radius 3 is 2.39 bits per heavy atom. The van der Waals surface area contributed by atoms with Crippen molar-refractivity contribution in [3.05, 3.63) is 65.2 Å². The summed E-state index contributed by atoms with van der Waals surface area (Å²) in [6, 6.07) is 17.8. The molecule has 28 heavy (non-hydrogen) atoms. The minimum absolute atomic E-state index is 0.373. The maximum Gasteiger partial charge on any atom is 0.258 e. The molecule has 0 unspecified atom stereocenters. The van der Waals surface area contributed by atoms with Gasteiger partial charge >= 0.3 is 0 Å². The van der Waals surface area contributed by atoms with Crippen LogP contribution in [0.15, 0.2) is 48.5 Å². The molecule has 0 spiro atoms. The maximum atomic E-state index is 12.5. The van der Waals surface area contributed by atoms with Crippen LogP contribution in [0.1, 0.15) is 26.3 Å². The van der Waals surface area contributed by atoms with Gasteiger partial charge in [-0.25, -0.2) is 0 Å². The van der Waals surface area contributed by atoms with E-state index in [1.807, 2.05) is 44.2 Å². The average Bonchev–Trinajstić information content (AvgIpc) is 2.70. The van der Waals surface area contributed by atoms with Crippen molar-refractivity contribution in [1.29, 1.82) is 5.26 Å². The van der Waals surface area contributed by atoms with Crippen LogP contribution in [-0.4, -0.2) is 19.7 Å². The number of fused-ring (bicyclic) bond motifs is 2. The molecule has 1 aliphatic rings. The molecule has 128 valence electrons. The number of hydrogen-bond acceptors (Lipinski definition) is 3.